The number of benzene rings is 1. The molecular weight excluding hydrogens is 380 g/mol. The number of nitrogens with zero attached hydrogens (tertiary/aromatic N) is 3. The van der Waals surface area contributed by atoms with Crippen LogP contribution in [0.2, 0.25) is 0 Å². The van der Waals surface area contributed by atoms with E-state index in [-0.39, 0.29) is 5.92 Å². The van der Waals surface area contributed by atoms with Crippen molar-refractivity contribution in [2.24, 2.45) is 5.92 Å². The van der Waals surface area contributed by atoms with Gasteiger partial charge in [0.1, 0.15) is 12.1 Å². The van der Waals surface area contributed by atoms with Gasteiger partial charge in [0.2, 0.25) is 5.91 Å². The summed E-state index contributed by atoms with van der Waals surface area (Å²) in [5.41, 5.74) is 1.63. The van der Waals surface area contributed by atoms with Crippen LogP contribution in [-0.4, -0.2) is 38.6 Å². The van der Waals surface area contributed by atoms with E-state index >= 15 is 0 Å². The number of carbonyl (C=O) groups excluding carboxylic acids is 1. The Hall–Kier alpha value is -3.40. The van der Waals surface area contributed by atoms with Crippen LogP contribution in [0.1, 0.15) is 46.6 Å². The van der Waals surface area contributed by atoms with E-state index in [2.05, 4.69) is 16.4 Å². The van der Waals surface area contributed by atoms with Crippen molar-refractivity contribution in [3.8, 4) is 17.2 Å². The lowest BCUT2D eigenvalue weighted by atomic mass is 9.96. The van der Waals surface area contributed by atoms with Crippen LogP contribution >= 0.6 is 0 Å². The van der Waals surface area contributed by atoms with Gasteiger partial charge in [0.25, 0.3) is 0 Å². The predicted molar refractivity (Wildman–Crippen MR) is 116 cm³/mol. The number of hydrogen-bond donors (Lipinski definition) is 2. The Labute approximate surface area is 177 Å². The first-order chi connectivity index (χ1) is 14.0. The van der Waals surface area contributed by atoms with Gasteiger partial charge in [-0.1, -0.05) is 19.9 Å². The molecule has 0 unspecified atom stereocenters. The molecule has 0 aliphatic heterocycles. The topological polar surface area (TPSA) is 106 Å². The average molecular weight is 409 g/mol. The molecular formula is C23H28N4O3. The Morgan fingerprint density at radius 2 is 1.80 bits per heavy atom. The fourth-order valence-electron chi connectivity index (χ4n) is 3.35. The fraction of sp³-hybridized carbons (Fsp3) is 0.391. The predicted octanol–water partition coefficient (Wildman–Crippen LogP) is 4.75. The maximum absolute atomic E-state index is 13.1. The van der Waals surface area contributed by atoms with E-state index in [1.165, 1.54) is 4.90 Å². The monoisotopic (exact) mass is 408 g/mol. The highest BCUT2D eigenvalue weighted by atomic mass is 16.4. The van der Waals surface area contributed by atoms with Gasteiger partial charge in [-0.15, -0.1) is 0 Å². The molecule has 0 spiro atoms. The molecule has 1 heterocycles. The Balaban J connectivity index is 2.37. The standard InChI is InChI=1S/C23H28N4O3/c1-15(2)12-20(27(22(29)30)23(3,4)5)21(28)26-19-7-6-17(13-18(19)14-24)16-8-10-25-11-9-16/h6-11,13,15,20H,12H2,1-5H3,(H,26,28)(H,29,30)/t20-/m1/s1. The van der Waals surface area contributed by atoms with Crippen LogP contribution in [0.15, 0.2) is 42.7 Å². The summed E-state index contributed by atoms with van der Waals surface area (Å²) < 4.78 is 0. The second-order valence-corrected chi connectivity index (χ2v) is 8.57. The van der Waals surface area contributed by atoms with Crippen molar-refractivity contribution in [1.82, 2.24) is 9.88 Å². The van der Waals surface area contributed by atoms with Crippen LogP contribution in [0.4, 0.5) is 10.5 Å². The minimum Gasteiger partial charge on any atom is -0.465 e. The first kappa shape index (κ1) is 22.9. The first-order valence-corrected chi connectivity index (χ1v) is 9.82. The molecule has 2 amide bonds. The third kappa shape index (κ3) is 5.57. The number of nitrogens with one attached hydrogen (secondary N) is 1. The summed E-state index contributed by atoms with van der Waals surface area (Å²) in [5.74, 6) is -0.344. The van der Waals surface area contributed by atoms with Gasteiger partial charge in [-0.3, -0.25) is 14.7 Å². The van der Waals surface area contributed by atoms with E-state index in [0.29, 0.717) is 17.7 Å². The van der Waals surface area contributed by atoms with Gasteiger partial charge in [-0.05, 0) is 68.5 Å². The first-order valence-electron chi connectivity index (χ1n) is 9.82. The van der Waals surface area contributed by atoms with Crippen molar-refractivity contribution in [3.05, 3.63) is 48.3 Å². The van der Waals surface area contributed by atoms with Gasteiger partial charge in [0.05, 0.1) is 11.3 Å². The molecule has 0 aliphatic rings. The van der Waals surface area contributed by atoms with Crippen molar-refractivity contribution in [3.63, 3.8) is 0 Å². The number of carboxylic acid groups (broad SMARTS) is 1. The van der Waals surface area contributed by atoms with Crippen LogP contribution < -0.4 is 5.32 Å². The zero-order valence-corrected chi connectivity index (χ0v) is 18.0. The number of carbonyl (C=O) groups is 2. The van der Waals surface area contributed by atoms with E-state index in [4.69, 9.17) is 0 Å². The molecule has 7 nitrogen and oxygen atoms in total. The Bertz CT molecular complexity index is 943. The molecule has 2 rings (SSSR count). The summed E-state index contributed by atoms with van der Waals surface area (Å²) in [7, 11) is 0. The van der Waals surface area contributed by atoms with Crippen molar-refractivity contribution in [2.75, 3.05) is 5.32 Å². The largest absolute Gasteiger partial charge is 0.465 e. The summed E-state index contributed by atoms with van der Waals surface area (Å²) in [6, 6.07) is 10.1. The molecule has 1 aromatic carbocycles. The van der Waals surface area contributed by atoms with E-state index in [1.54, 1.807) is 45.3 Å². The molecule has 158 valence electrons. The normalized spacial score (nSPS) is 12.2. The summed E-state index contributed by atoms with van der Waals surface area (Å²) in [4.78, 5) is 30.2. The number of aromatic nitrogens is 1. The summed E-state index contributed by atoms with van der Waals surface area (Å²) >= 11 is 0. The zero-order valence-electron chi connectivity index (χ0n) is 18.0. The third-order valence-corrected chi connectivity index (χ3v) is 4.65. The van der Waals surface area contributed by atoms with Crippen molar-refractivity contribution in [2.45, 2.75) is 52.6 Å². The van der Waals surface area contributed by atoms with Crippen LogP contribution in [0.25, 0.3) is 11.1 Å². The highest BCUT2D eigenvalue weighted by Crippen LogP contribution is 2.27. The Kier molecular flexibility index (Phi) is 7.17. The molecule has 0 bridgehead atoms. The van der Waals surface area contributed by atoms with Gasteiger partial charge >= 0.3 is 6.09 Å². The minimum absolute atomic E-state index is 0.106. The molecule has 7 heteroatoms. The Morgan fingerprint density at radius 3 is 2.30 bits per heavy atom. The van der Waals surface area contributed by atoms with E-state index < -0.39 is 23.6 Å². The number of pyridine rings is 1. The molecule has 30 heavy (non-hydrogen) atoms. The molecule has 0 saturated carbocycles. The van der Waals surface area contributed by atoms with Gasteiger partial charge in [0, 0.05) is 17.9 Å². The molecule has 0 aliphatic carbocycles. The highest BCUT2D eigenvalue weighted by molar-refractivity contribution is 5.98. The SMILES string of the molecule is CC(C)C[C@H](C(=O)Nc1ccc(-c2ccncc2)cc1C#N)N(C(=O)O)C(C)(C)C. The maximum atomic E-state index is 13.1. The number of anilines is 1. The summed E-state index contributed by atoms with van der Waals surface area (Å²) in [6.45, 7) is 9.14. The van der Waals surface area contributed by atoms with E-state index in [1.807, 2.05) is 32.0 Å². The quantitative estimate of drug-likeness (QED) is 0.717. The van der Waals surface area contributed by atoms with E-state index in [0.717, 1.165) is 11.1 Å². The molecule has 1 aromatic heterocycles. The van der Waals surface area contributed by atoms with E-state index in [9.17, 15) is 20.0 Å². The average Bonchev–Trinajstić information content (AvgIpc) is 2.66. The fourth-order valence-corrected chi connectivity index (χ4v) is 3.35. The molecule has 2 aromatic rings. The van der Waals surface area contributed by atoms with Crippen molar-refractivity contribution >= 4 is 17.7 Å². The molecule has 0 radical (unpaired) electrons. The zero-order chi connectivity index (χ0) is 22.5. The van der Waals surface area contributed by atoms with Gasteiger partial charge in [-0.25, -0.2) is 4.79 Å². The van der Waals surface area contributed by atoms with Crippen molar-refractivity contribution in [1.29, 1.82) is 5.26 Å². The van der Waals surface area contributed by atoms with Crippen LogP contribution in [-0.2, 0) is 4.79 Å². The van der Waals surface area contributed by atoms with Crippen LogP contribution in [0.3, 0.4) is 0 Å². The third-order valence-electron chi connectivity index (χ3n) is 4.65. The van der Waals surface area contributed by atoms with Gasteiger partial charge in [0.15, 0.2) is 0 Å². The number of hydrogen-bond acceptors (Lipinski definition) is 4. The lowest BCUT2D eigenvalue weighted by Gasteiger charge is -2.39. The number of rotatable bonds is 6. The molecule has 1 atom stereocenters. The van der Waals surface area contributed by atoms with Crippen LogP contribution in [0, 0.1) is 17.2 Å². The van der Waals surface area contributed by atoms with Gasteiger partial charge in [-0.2, -0.15) is 5.26 Å². The molecule has 0 fully saturated rings. The maximum Gasteiger partial charge on any atom is 0.408 e. The number of amides is 2. The molecule has 2 N–H and O–H groups in total. The second kappa shape index (κ2) is 9.40. The van der Waals surface area contributed by atoms with Crippen LogP contribution in [0.5, 0.6) is 0 Å². The Morgan fingerprint density at radius 1 is 1.17 bits per heavy atom. The lowest BCUT2D eigenvalue weighted by molar-refractivity contribution is -0.123. The van der Waals surface area contributed by atoms with Gasteiger partial charge < -0.3 is 10.4 Å². The summed E-state index contributed by atoms with van der Waals surface area (Å²) in [5, 5.41) is 22.1. The second-order valence-electron chi connectivity index (χ2n) is 8.57. The highest BCUT2D eigenvalue weighted by Gasteiger charge is 2.38. The molecule has 0 saturated heterocycles. The summed E-state index contributed by atoms with van der Waals surface area (Å²) in [6.07, 6.45) is 2.55. The smallest absolute Gasteiger partial charge is 0.408 e. The lowest BCUT2D eigenvalue weighted by Crippen LogP contribution is -2.56. The van der Waals surface area contributed by atoms with Crippen molar-refractivity contribution < 1.29 is 14.7 Å². The number of nitriles is 1. The minimum atomic E-state index is -1.16.